The lowest BCUT2D eigenvalue weighted by Gasteiger charge is -2.22. The number of ether oxygens (including phenoxy) is 2. The maximum Gasteiger partial charge on any atom is 0.329 e. The molecular weight excluding hydrogens is 264 g/mol. The zero-order valence-corrected chi connectivity index (χ0v) is 11.7. The fourth-order valence-corrected chi connectivity index (χ4v) is 2.08. The molecule has 7 heteroatoms. The van der Waals surface area contributed by atoms with Crippen LogP contribution in [0.4, 0.5) is 4.79 Å². The average Bonchev–Trinajstić information content (AvgIpc) is 2.44. The Bertz CT molecular complexity index is 292. The number of hydrogen-bond acceptors (Lipinski definition) is 4. The molecule has 1 aliphatic carbocycles. The van der Waals surface area contributed by atoms with Gasteiger partial charge in [-0.15, -0.1) is 0 Å². The summed E-state index contributed by atoms with van der Waals surface area (Å²) in [5.41, 5.74) is 0. The topological polar surface area (TPSA) is 96.9 Å². The average molecular weight is 288 g/mol. The molecule has 1 rings (SSSR count). The van der Waals surface area contributed by atoms with E-state index in [1.54, 1.807) is 0 Å². The molecule has 20 heavy (non-hydrogen) atoms. The fourth-order valence-electron chi connectivity index (χ4n) is 2.08. The summed E-state index contributed by atoms with van der Waals surface area (Å²) in [6, 6.07) is -0.295. The van der Waals surface area contributed by atoms with E-state index < -0.39 is 5.97 Å². The Labute approximate surface area is 119 Å². The first kappa shape index (κ1) is 16.7. The summed E-state index contributed by atoms with van der Waals surface area (Å²) in [5.74, 6) is -1.02. The molecule has 0 unspecified atom stereocenters. The Hall–Kier alpha value is -1.34. The molecule has 2 amide bonds. The molecule has 3 N–H and O–H groups in total. The maximum absolute atomic E-state index is 11.3. The Balaban J connectivity index is 1.88. The molecule has 1 fully saturated rings. The molecule has 116 valence electrons. The number of rotatable bonds is 9. The molecule has 0 radical (unpaired) electrons. The monoisotopic (exact) mass is 288 g/mol. The number of nitrogens with one attached hydrogen (secondary N) is 2. The van der Waals surface area contributed by atoms with E-state index in [0.29, 0.717) is 19.3 Å². The van der Waals surface area contributed by atoms with Crippen molar-refractivity contribution in [3.05, 3.63) is 0 Å². The van der Waals surface area contributed by atoms with Crippen LogP contribution in [0.3, 0.4) is 0 Å². The van der Waals surface area contributed by atoms with Crippen molar-refractivity contribution in [2.24, 2.45) is 0 Å². The number of carbonyl (C=O) groups excluding carboxylic acids is 1. The third-order valence-corrected chi connectivity index (χ3v) is 3.05. The molecule has 0 bridgehead atoms. The highest BCUT2D eigenvalue weighted by Gasteiger charge is 2.13. The van der Waals surface area contributed by atoms with Crippen molar-refractivity contribution in [2.45, 2.75) is 38.2 Å². The lowest BCUT2D eigenvalue weighted by Crippen LogP contribution is -2.39. The Kier molecular flexibility index (Phi) is 8.73. The van der Waals surface area contributed by atoms with Crippen LogP contribution in [0.15, 0.2) is 0 Å². The van der Waals surface area contributed by atoms with E-state index in [0.717, 1.165) is 12.8 Å². The van der Waals surface area contributed by atoms with Gasteiger partial charge in [-0.05, 0) is 12.8 Å². The summed E-state index contributed by atoms with van der Waals surface area (Å²) in [7, 11) is 0. The van der Waals surface area contributed by atoms with Gasteiger partial charge in [0.15, 0.2) is 0 Å². The first-order valence-corrected chi connectivity index (χ1v) is 7.11. The number of carboxylic acid groups (broad SMARTS) is 1. The highest BCUT2D eigenvalue weighted by Crippen LogP contribution is 2.19. The minimum Gasteiger partial charge on any atom is -0.480 e. The molecule has 0 spiro atoms. The zero-order chi connectivity index (χ0) is 14.6. The SMILES string of the molecule is O=C(O)COCCNC(=O)NCCOC1CCCCC1. The number of urea groups is 1. The molecule has 1 saturated carbocycles. The van der Waals surface area contributed by atoms with E-state index in [1.807, 2.05) is 0 Å². The fraction of sp³-hybridized carbons (Fsp3) is 0.846. The van der Waals surface area contributed by atoms with Gasteiger partial charge < -0.3 is 25.2 Å². The van der Waals surface area contributed by atoms with E-state index in [2.05, 4.69) is 10.6 Å². The van der Waals surface area contributed by atoms with Crippen molar-refractivity contribution in [1.82, 2.24) is 10.6 Å². The van der Waals surface area contributed by atoms with Crippen LogP contribution in [0.5, 0.6) is 0 Å². The van der Waals surface area contributed by atoms with Gasteiger partial charge >= 0.3 is 12.0 Å². The maximum atomic E-state index is 11.3. The quantitative estimate of drug-likeness (QED) is 0.544. The predicted molar refractivity (Wildman–Crippen MR) is 72.7 cm³/mol. The van der Waals surface area contributed by atoms with Gasteiger partial charge in [0.25, 0.3) is 0 Å². The van der Waals surface area contributed by atoms with E-state index in [9.17, 15) is 9.59 Å². The smallest absolute Gasteiger partial charge is 0.329 e. The Morgan fingerprint density at radius 3 is 2.35 bits per heavy atom. The molecule has 0 aliphatic heterocycles. The van der Waals surface area contributed by atoms with Crippen LogP contribution in [0.1, 0.15) is 32.1 Å². The molecule has 0 aromatic heterocycles. The minimum atomic E-state index is -1.02. The van der Waals surface area contributed by atoms with Gasteiger partial charge in [-0.3, -0.25) is 0 Å². The van der Waals surface area contributed by atoms with E-state index in [4.69, 9.17) is 14.6 Å². The molecule has 0 heterocycles. The normalized spacial score (nSPS) is 15.8. The van der Waals surface area contributed by atoms with Crippen molar-refractivity contribution in [1.29, 1.82) is 0 Å². The molecule has 0 aromatic rings. The van der Waals surface area contributed by atoms with Crippen molar-refractivity contribution in [3.8, 4) is 0 Å². The molecular formula is C13H24N2O5. The van der Waals surface area contributed by atoms with Crippen LogP contribution in [-0.2, 0) is 14.3 Å². The molecule has 0 aromatic carbocycles. The van der Waals surface area contributed by atoms with Crippen molar-refractivity contribution in [2.75, 3.05) is 32.9 Å². The van der Waals surface area contributed by atoms with Crippen molar-refractivity contribution >= 4 is 12.0 Å². The van der Waals surface area contributed by atoms with Crippen LogP contribution in [0, 0.1) is 0 Å². The van der Waals surface area contributed by atoms with Gasteiger partial charge in [0.05, 0.1) is 19.3 Å². The first-order valence-electron chi connectivity index (χ1n) is 7.11. The predicted octanol–water partition coefficient (Wildman–Crippen LogP) is 0.736. The standard InChI is InChI=1S/C13H24N2O5/c16-12(17)10-19-8-6-14-13(18)15-7-9-20-11-4-2-1-3-5-11/h11H,1-10H2,(H,16,17)(H2,14,15,18). The van der Waals surface area contributed by atoms with E-state index >= 15 is 0 Å². The van der Waals surface area contributed by atoms with Gasteiger partial charge in [0, 0.05) is 13.1 Å². The largest absolute Gasteiger partial charge is 0.480 e. The molecule has 0 atom stereocenters. The summed E-state index contributed by atoms with van der Waals surface area (Å²) < 4.78 is 10.5. The lowest BCUT2D eigenvalue weighted by molar-refractivity contribution is -0.142. The minimum absolute atomic E-state index is 0.179. The molecule has 1 aliphatic rings. The van der Waals surface area contributed by atoms with Crippen molar-refractivity contribution < 1.29 is 24.2 Å². The number of hydrogen-bond donors (Lipinski definition) is 3. The van der Waals surface area contributed by atoms with E-state index in [-0.39, 0.29) is 25.8 Å². The summed E-state index contributed by atoms with van der Waals surface area (Å²) >= 11 is 0. The second-order valence-corrected chi connectivity index (χ2v) is 4.76. The second kappa shape index (κ2) is 10.4. The summed E-state index contributed by atoms with van der Waals surface area (Å²) in [6.45, 7) is 1.10. The van der Waals surface area contributed by atoms with Gasteiger partial charge in [-0.25, -0.2) is 9.59 Å². The van der Waals surface area contributed by atoms with Crippen molar-refractivity contribution in [3.63, 3.8) is 0 Å². The van der Waals surface area contributed by atoms with Gasteiger partial charge in [0.1, 0.15) is 6.61 Å². The van der Waals surface area contributed by atoms with Crippen LogP contribution in [-0.4, -0.2) is 56.1 Å². The summed E-state index contributed by atoms with van der Waals surface area (Å²) in [5, 5.41) is 13.6. The van der Waals surface area contributed by atoms with E-state index in [1.165, 1.54) is 19.3 Å². The molecule has 0 saturated heterocycles. The van der Waals surface area contributed by atoms with Crippen LogP contribution >= 0.6 is 0 Å². The summed E-state index contributed by atoms with van der Waals surface area (Å²) in [6.07, 6.45) is 6.34. The summed E-state index contributed by atoms with van der Waals surface area (Å²) in [4.78, 5) is 21.5. The number of carboxylic acids is 1. The highest BCUT2D eigenvalue weighted by atomic mass is 16.5. The second-order valence-electron chi connectivity index (χ2n) is 4.76. The zero-order valence-electron chi connectivity index (χ0n) is 11.7. The first-order chi connectivity index (χ1) is 9.68. The Morgan fingerprint density at radius 2 is 1.70 bits per heavy atom. The highest BCUT2D eigenvalue weighted by molar-refractivity contribution is 5.73. The number of amides is 2. The van der Waals surface area contributed by atoms with Gasteiger partial charge in [-0.1, -0.05) is 19.3 Å². The number of carbonyl (C=O) groups is 2. The van der Waals surface area contributed by atoms with Crippen LogP contribution in [0.2, 0.25) is 0 Å². The Morgan fingerprint density at radius 1 is 1.05 bits per heavy atom. The number of aliphatic carboxylic acids is 1. The van der Waals surface area contributed by atoms with Gasteiger partial charge in [0.2, 0.25) is 0 Å². The van der Waals surface area contributed by atoms with Gasteiger partial charge in [-0.2, -0.15) is 0 Å². The van der Waals surface area contributed by atoms with Crippen LogP contribution in [0.25, 0.3) is 0 Å². The third kappa shape index (κ3) is 8.71. The van der Waals surface area contributed by atoms with Crippen LogP contribution < -0.4 is 10.6 Å². The molecule has 7 nitrogen and oxygen atoms in total. The third-order valence-electron chi connectivity index (χ3n) is 3.05. The lowest BCUT2D eigenvalue weighted by atomic mass is 9.98.